The quantitative estimate of drug-likeness (QED) is 0.164. The van der Waals surface area contributed by atoms with Gasteiger partial charge in [-0.05, 0) is 13.0 Å². The highest BCUT2D eigenvalue weighted by molar-refractivity contribution is 5.16. The van der Waals surface area contributed by atoms with Crippen LogP contribution >= 0.6 is 0 Å². The normalized spacial score (nSPS) is 7.25. The molecule has 0 aliphatic rings. The highest BCUT2D eigenvalue weighted by Gasteiger charge is 1.86. The van der Waals surface area contributed by atoms with E-state index in [1.165, 1.54) is 0 Å². The standard InChI is InChI=1S/C6H9NO/c1-4-5-6(2)7(3)8/h4H,3H2,1-2H3. The van der Waals surface area contributed by atoms with Gasteiger partial charge in [-0.15, -0.1) is 0 Å². The van der Waals surface area contributed by atoms with E-state index in [1.54, 1.807) is 19.9 Å². The van der Waals surface area contributed by atoms with Crippen molar-refractivity contribution in [3.63, 3.8) is 0 Å². The minimum Gasteiger partial charge on any atom is -0.619 e. The second-order valence-corrected chi connectivity index (χ2v) is 1.40. The summed E-state index contributed by atoms with van der Waals surface area (Å²) in [6.45, 7) is 6.57. The van der Waals surface area contributed by atoms with Crippen molar-refractivity contribution >= 4 is 6.72 Å². The van der Waals surface area contributed by atoms with Gasteiger partial charge in [0.15, 0.2) is 0 Å². The van der Waals surface area contributed by atoms with Crippen molar-refractivity contribution in [1.82, 2.24) is 0 Å². The molecule has 0 aliphatic heterocycles. The topological polar surface area (TPSA) is 26.1 Å². The molecule has 8 heavy (non-hydrogen) atoms. The highest BCUT2D eigenvalue weighted by Crippen LogP contribution is 1.86. The molecule has 2 nitrogen and oxygen atoms in total. The molecule has 0 unspecified atom stereocenters. The maximum atomic E-state index is 10.2. The fourth-order valence-electron chi connectivity index (χ4n) is 0.281. The molecule has 0 atom stereocenters. The summed E-state index contributed by atoms with van der Waals surface area (Å²) in [7, 11) is 0. The van der Waals surface area contributed by atoms with Gasteiger partial charge in [0.2, 0.25) is 5.70 Å². The Bertz CT molecular complexity index is 152. The summed E-state index contributed by atoms with van der Waals surface area (Å²) < 4.78 is 0.528. The van der Waals surface area contributed by atoms with E-state index in [1.807, 2.05) is 0 Å². The number of hydrogen-bond acceptors (Lipinski definition) is 1. The van der Waals surface area contributed by atoms with Crippen LogP contribution in [0.4, 0.5) is 0 Å². The van der Waals surface area contributed by atoms with Crippen LogP contribution in [-0.2, 0) is 0 Å². The minimum absolute atomic E-state index is 0.493. The number of hydroxylamine groups is 1. The second kappa shape index (κ2) is 3.05. The Hall–Kier alpha value is -1.01. The van der Waals surface area contributed by atoms with Gasteiger partial charge in [-0.1, -0.05) is 5.73 Å². The smallest absolute Gasteiger partial charge is 0.232 e. The Morgan fingerprint density at radius 2 is 2.38 bits per heavy atom. The zero-order valence-corrected chi connectivity index (χ0v) is 5.14. The molecule has 0 aliphatic carbocycles. The van der Waals surface area contributed by atoms with Crippen LogP contribution < -0.4 is 0 Å². The number of allylic oxidation sites excluding steroid dienone is 1. The molecule has 0 amide bonds. The van der Waals surface area contributed by atoms with Crippen LogP contribution in [0.2, 0.25) is 0 Å². The lowest BCUT2D eigenvalue weighted by Gasteiger charge is -1.93. The van der Waals surface area contributed by atoms with Crippen LogP contribution in [0.5, 0.6) is 0 Å². The lowest BCUT2D eigenvalue weighted by Crippen LogP contribution is -1.92. The first-order valence-electron chi connectivity index (χ1n) is 2.34. The maximum Gasteiger partial charge on any atom is 0.232 e. The molecular weight excluding hydrogens is 102 g/mol. The van der Waals surface area contributed by atoms with Gasteiger partial charge < -0.3 is 5.21 Å². The molecule has 0 aromatic rings. The van der Waals surface area contributed by atoms with Crippen LogP contribution in [-0.4, -0.2) is 11.5 Å². The molecular formula is C6H9NO. The summed E-state index contributed by atoms with van der Waals surface area (Å²) in [5.74, 6) is 0. The molecule has 0 saturated carbocycles. The fourth-order valence-corrected chi connectivity index (χ4v) is 0.281. The molecule has 0 bridgehead atoms. The zero-order chi connectivity index (χ0) is 6.57. The molecule has 2 heteroatoms. The molecule has 44 valence electrons. The average Bonchev–Trinajstić information content (AvgIpc) is 1.67. The van der Waals surface area contributed by atoms with Gasteiger partial charge in [-0.3, -0.25) is 0 Å². The van der Waals surface area contributed by atoms with Crippen LogP contribution in [0.3, 0.4) is 0 Å². The van der Waals surface area contributed by atoms with Crippen LogP contribution in [0.1, 0.15) is 13.8 Å². The van der Waals surface area contributed by atoms with Gasteiger partial charge in [0.25, 0.3) is 0 Å². The summed E-state index contributed by atoms with van der Waals surface area (Å²) in [4.78, 5) is 0. The molecule has 0 aromatic heterocycles. The zero-order valence-electron chi connectivity index (χ0n) is 5.14. The van der Waals surface area contributed by atoms with Crippen molar-refractivity contribution < 1.29 is 4.74 Å². The van der Waals surface area contributed by atoms with Crippen LogP contribution in [0.25, 0.3) is 0 Å². The van der Waals surface area contributed by atoms with Gasteiger partial charge in [0.05, 0.1) is 0 Å². The van der Waals surface area contributed by atoms with Crippen molar-refractivity contribution in [3.05, 3.63) is 22.7 Å². The summed E-state index contributed by atoms with van der Waals surface area (Å²) >= 11 is 0. The van der Waals surface area contributed by atoms with Gasteiger partial charge in [-0.25, -0.2) is 0 Å². The Kier molecular flexibility index (Phi) is 2.67. The Balaban J connectivity index is 4.24. The minimum atomic E-state index is 0.493. The van der Waals surface area contributed by atoms with E-state index in [2.05, 4.69) is 12.4 Å². The largest absolute Gasteiger partial charge is 0.619 e. The summed E-state index contributed by atoms with van der Waals surface area (Å²) in [6.07, 6.45) is 1.67. The monoisotopic (exact) mass is 111 g/mol. The third-order valence-electron chi connectivity index (χ3n) is 0.727. The van der Waals surface area contributed by atoms with Gasteiger partial charge in [0.1, 0.15) is 6.72 Å². The van der Waals surface area contributed by atoms with E-state index in [-0.39, 0.29) is 0 Å². The Morgan fingerprint density at radius 3 is 2.50 bits per heavy atom. The average molecular weight is 111 g/mol. The van der Waals surface area contributed by atoms with Crippen molar-refractivity contribution in [1.29, 1.82) is 0 Å². The van der Waals surface area contributed by atoms with Crippen LogP contribution in [0.15, 0.2) is 17.5 Å². The first-order valence-corrected chi connectivity index (χ1v) is 2.34. The van der Waals surface area contributed by atoms with E-state index in [0.717, 1.165) is 0 Å². The number of hydrogen-bond donors (Lipinski definition) is 0. The molecule has 0 fully saturated rings. The van der Waals surface area contributed by atoms with E-state index < -0.39 is 0 Å². The van der Waals surface area contributed by atoms with Crippen LogP contribution in [0, 0.1) is 5.21 Å². The Labute approximate surface area is 49.0 Å². The number of nitrogens with zero attached hydrogens (tertiary/aromatic N) is 1. The van der Waals surface area contributed by atoms with E-state index in [0.29, 0.717) is 10.4 Å². The lowest BCUT2D eigenvalue weighted by molar-refractivity contribution is -0.390. The summed E-state index contributed by atoms with van der Waals surface area (Å²) in [5.41, 5.74) is 3.18. The molecule has 0 radical (unpaired) electrons. The highest BCUT2D eigenvalue weighted by atomic mass is 16.5. The molecule has 0 saturated heterocycles. The first-order chi connectivity index (χ1) is 3.68. The maximum absolute atomic E-state index is 10.2. The Morgan fingerprint density at radius 1 is 1.88 bits per heavy atom. The molecule has 0 aromatic carbocycles. The predicted molar refractivity (Wildman–Crippen MR) is 33.7 cm³/mol. The summed E-state index contributed by atoms with van der Waals surface area (Å²) in [5, 5.41) is 10.2. The van der Waals surface area contributed by atoms with Crippen molar-refractivity contribution in [2.24, 2.45) is 0 Å². The van der Waals surface area contributed by atoms with E-state index in [4.69, 9.17) is 0 Å². The van der Waals surface area contributed by atoms with E-state index >= 15 is 0 Å². The molecule has 0 heterocycles. The van der Waals surface area contributed by atoms with Crippen molar-refractivity contribution in [3.8, 4) is 0 Å². The third kappa shape index (κ3) is 2.21. The van der Waals surface area contributed by atoms with Crippen molar-refractivity contribution in [2.75, 3.05) is 0 Å². The SMILES string of the molecule is C=[N+]([O-])C(C)=C=CC. The van der Waals surface area contributed by atoms with Gasteiger partial charge in [0, 0.05) is 6.92 Å². The first kappa shape index (κ1) is 6.99. The van der Waals surface area contributed by atoms with E-state index in [9.17, 15) is 5.21 Å². The fraction of sp³-hybridized carbons (Fsp3) is 0.333. The lowest BCUT2D eigenvalue weighted by atomic mass is 10.5. The van der Waals surface area contributed by atoms with Crippen molar-refractivity contribution in [2.45, 2.75) is 13.8 Å². The molecule has 0 N–H and O–H groups in total. The third-order valence-corrected chi connectivity index (χ3v) is 0.727. The molecule has 0 spiro atoms. The summed E-state index contributed by atoms with van der Waals surface area (Å²) in [6, 6.07) is 0. The van der Waals surface area contributed by atoms with Gasteiger partial charge >= 0.3 is 0 Å². The number of rotatable bonds is 1. The second-order valence-electron chi connectivity index (χ2n) is 1.40. The van der Waals surface area contributed by atoms with Gasteiger partial charge in [-0.2, -0.15) is 4.74 Å². The predicted octanol–water partition coefficient (Wildman–Crippen LogP) is 1.28. The molecule has 0 rings (SSSR count).